The Kier molecular flexibility index (Phi) is 7.09. The lowest BCUT2D eigenvalue weighted by molar-refractivity contribution is 0.517. The molecule has 0 fully saturated rings. The molecule has 3 aromatic heterocycles. The van der Waals surface area contributed by atoms with E-state index in [4.69, 9.17) is 11.5 Å². The highest BCUT2D eigenvalue weighted by Gasteiger charge is 2.30. The Labute approximate surface area is 214 Å². The largest absolute Gasteiger partial charge is 0.382 e. The molecule has 0 amide bonds. The van der Waals surface area contributed by atoms with Crippen LogP contribution in [0.15, 0.2) is 54.2 Å². The van der Waals surface area contributed by atoms with Crippen LogP contribution in [-0.2, 0) is 16.8 Å². The molecule has 0 aliphatic carbocycles. The quantitative estimate of drug-likeness (QED) is 0.334. The van der Waals surface area contributed by atoms with Crippen molar-refractivity contribution in [1.29, 1.82) is 0 Å². The minimum Gasteiger partial charge on any atom is -0.382 e. The Balaban J connectivity index is 1.84. The highest BCUT2D eigenvalue weighted by atomic mass is 32.2. The van der Waals surface area contributed by atoms with E-state index < -0.39 is 10.2 Å². The van der Waals surface area contributed by atoms with Gasteiger partial charge in [0.15, 0.2) is 23.1 Å². The standard InChI is InChI=1S/C24H28FN9O2S/c1-15(2)11-13-34(37(35,36)32(3)4)20-21(26)29-23(30-22(20)27)19-17-9-7-12-28-24(17)33(31-19)14-16-8-5-6-10-18(16)25/h5-12H,13-14H2,1-4H3,(H4,26,27,29,30). The van der Waals surface area contributed by atoms with E-state index in [9.17, 15) is 12.8 Å². The van der Waals surface area contributed by atoms with E-state index >= 15 is 0 Å². The summed E-state index contributed by atoms with van der Waals surface area (Å²) in [5.41, 5.74) is 14.7. The number of allylic oxidation sites excluding steroid dienone is 1. The molecule has 11 nitrogen and oxygen atoms in total. The van der Waals surface area contributed by atoms with Crippen molar-refractivity contribution in [2.75, 3.05) is 36.4 Å². The first kappa shape index (κ1) is 26.0. The Morgan fingerprint density at radius 3 is 2.38 bits per heavy atom. The molecule has 4 rings (SSSR count). The molecule has 4 aromatic rings. The first-order valence-electron chi connectivity index (χ1n) is 11.3. The number of rotatable bonds is 8. The number of nitrogens with two attached hydrogens (primary N) is 2. The SMILES string of the molecule is CC(C)=CCN(c1c(N)nc(-c2nn(Cc3ccccc3F)c3ncccc23)nc1N)S(=O)(=O)N(C)C. The summed E-state index contributed by atoms with van der Waals surface area (Å²) in [6.45, 7) is 3.82. The molecule has 37 heavy (non-hydrogen) atoms. The molecule has 0 spiro atoms. The number of hydrogen-bond acceptors (Lipinski definition) is 8. The first-order valence-corrected chi connectivity index (χ1v) is 12.7. The summed E-state index contributed by atoms with van der Waals surface area (Å²) >= 11 is 0. The van der Waals surface area contributed by atoms with Crippen LogP contribution < -0.4 is 15.8 Å². The Morgan fingerprint density at radius 2 is 1.76 bits per heavy atom. The van der Waals surface area contributed by atoms with Crippen LogP contribution in [0.3, 0.4) is 0 Å². The molecule has 13 heteroatoms. The monoisotopic (exact) mass is 525 g/mol. The minimum atomic E-state index is -3.96. The van der Waals surface area contributed by atoms with E-state index in [1.165, 1.54) is 20.2 Å². The molecule has 0 atom stereocenters. The van der Waals surface area contributed by atoms with E-state index in [0.717, 1.165) is 14.2 Å². The molecule has 0 saturated heterocycles. The molecular formula is C24H28FN9O2S. The summed E-state index contributed by atoms with van der Waals surface area (Å²) in [6, 6.07) is 9.91. The third-order valence-corrected chi connectivity index (χ3v) is 7.40. The molecule has 3 heterocycles. The maximum absolute atomic E-state index is 14.3. The van der Waals surface area contributed by atoms with Gasteiger partial charge in [0.25, 0.3) is 0 Å². The predicted molar refractivity (Wildman–Crippen MR) is 142 cm³/mol. The van der Waals surface area contributed by atoms with Crippen molar-refractivity contribution in [3.63, 3.8) is 0 Å². The van der Waals surface area contributed by atoms with Crippen molar-refractivity contribution >= 4 is 38.6 Å². The number of benzene rings is 1. The van der Waals surface area contributed by atoms with Crippen molar-refractivity contribution in [1.82, 2.24) is 29.0 Å². The summed E-state index contributed by atoms with van der Waals surface area (Å²) in [4.78, 5) is 13.2. The lowest BCUT2D eigenvalue weighted by Crippen LogP contribution is -2.41. The number of fused-ring (bicyclic) bond motifs is 1. The van der Waals surface area contributed by atoms with Gasteiger partial charge in [-0.25, -0.2) is 28.3 Å². The van der Waals surface area contributed by atoms with Crippen molar-refractivity contribution in [2.45, 2.75) is 20.4 Å². The topological polar surface area (TPSA) is 149 Å². The van der Waals surface area contributed by atoms with E-state index in [1.54, 1.807) is 47.3 Å². The zero-order valence-corrected chi connectivity index (χ0v) is 21.7. The zero-order valence-electron chi connectivity index (χ0n) is 20.9. The number of nitrogen functional groups attached to an aromatic ring is 2. The van der Waals surface area contributed by atoms with Crippen LogP contribution in [0, 0.1) is 5.82 Å². The molecule has 0 aliphatic heterocycles. The summed E-state index contributed by atoms with van der Waals surface area (Å²) in [7, 11) is -1.14. The summed E-state index contributed by atoms with van der Waals surface area (Å²) < 4.78 is 44.1. The van der Waals surface area contributed by atoms with Gasteiger partial charge in [-0.1, -0.05) is 29.8 Å². The summed E-state index contributed by atoms with van der Waals surface area (Å²) in [6.07, 6.45) is 3.34. The highest BCUT2D eigenvalue weighted by molar-refractivity contribution is 7.90. The minimum absolute atomic E-state index is 0.00985. The Morgan fingerprint density at radius 1 is 1.08 bits per heavy atom. The summed E-state index contributed by atoms with van der Waals surface area (Å²) in [5.74, 6) is -0.531. The third kappa shape index (κ3) is 5.08. The maximum atomic E-state index is 14.3. The lowest BCUT2D eigenvalue weighted by Gasteiger charge is -2.27. The van der Waals surface area contributed by atoms with Crippen LogP contribution in [0.1, 0.15) is 19.4 Å². The average molecular weight is 526 g/mol. The number of halogens is 1. The van der Waals surface area contributed by atoms with Gasteiger partial charge in [0.1, 0.15) is 17.2 Å². The van der Waals surface area contributed by atoms with Gasteiger partial charge in [0, 0.05) is 25.9 Å². The molecule has 0 radical (unpaired) electrons. The van der Waals surface area contributed by atoms with Gasteiger partial charge in [0.05, 0.1) is 18.5 Å². The summed E-state index contributed by atoms with van der Waals surface area (Å²) in [5, 5.41) is 5.20. The van der Waals surface area contributed by atoms with E-state index in [-0.39, 0.29) is 42.1 Å². The predicted octanol–water partition coefficient (Wildman–Crippen LogP) is 2.82. The second-order valence-corrected chi connectivity index (χ2v) is 10.8. The molecule has 0 aliphatic rings. The Hall–Kier alpha value is -4.10. The van der Waals surface area contributed by atoms with E-state index in [1.807, 2.05) is 13.8 Å². The van der Waals surface area contributed by atoms with Gasteiger partial charge in [-0.15, -0.1) is 0 Å². The highest BCUT2D eigenvalue weighted by Crippen LogP contribution is 2.34. The number of anilines is 3. The third-order valence-electron chi connectivity index (χ3n) is 5.59. The normalized spacial score (nSPS) is 11.7. The van der Waals surface area contributed by atoms with Crippen LogP contribution >= 0.6 is 0 Å². The van der Waals surface area contributed by atoms with Crippen LogP contribution in [0.4, 0.5) is 21.7 Å². The molecule has 0 bridgehead atoms. The van der Waals surface area contributed by atoms with E-state index in [2.05, 4.69) is 20.1 Å². The number of aromatic nitrogens is 5. The second kappa shape index (κ2) is 10.1. The lowest BCUT2D eigenvalue weighted by atomic mass is 10.2. The molecule has 4 N–H and O–H groups in total. The zero-order chi connectivity index (χ0) is 26.9. The van der Waals surface area contributed by atoms with Gasteiger partial charge in [0.2, 0.25) is 0 Å². The smallest absolute Gasteiger partial charge is 0.304 e. The van der Waals surface area contributed by atoms with Crippen LogP contribution in [-0.4, -0.2) is 58.1 Å². The fourth-order valence-electron chi connectivity index (χ4n) is 3.69. The molecule has 1 aromatic carbocycles. The first-order chi connectivity index (χ1) is 17.5. The van der Waals surface area contributed by atoms with E-state index in [0.29, 0.717) is 22.3 Å². The van der Waals surface area contributed by atoms with Gasteiger partial charge in [-0.3, -0.25) is 0 Å². The van der Waals surface area contributed by atoms with Crippen molar-refractivity contribution in [3.8, 4) is 11.5 Å². The number of nitrogens with zero attached hydrogens (tertiary/aromatic N) is 7. The van der Waals surface area contributed by atoms with Crippen molar-refractivity contribution in [3.05, 3.63) is 65.6 Å². The Bertz CT molecular complexity index is 1570. The fourth-order valence-corrected chi connectivity index (χ4v) is 4.76. The van der Waals surface area contributed by atoms with Crippen LogP contribution in [0.5, 0.6) is 0 Å². The van der Waals surface area contributed by atoms with Gasteiger partial charge < -0.3 is 11.5 Å². The molecule has 0 unspecified atom stereocenters. The van der Waals surface area contributed by atoms with Crippen molar-refractivity contribution < 1.29 is 12.8 Å². The van der Waals surface area contributed by atoms with Crippen LogP contribution in [0.2, 0.25) is 0 Å². The van der Waals surface area contributed by atoms with Gasteiger partial charge >= 0.3 is 10.2 Å². The second-order valence-electron chi connectivity index (χ2n) is 8.74. The number of hydrogen-bond donors (Lipinski definition) is 2. The maximum Gasteiger partial charge on any atom is 0.304 e. The number of pyridine rings is 1. The molecule has 194 valence electrons. The fraction of sp³-hybridized carbons (Fsp3) is 0.250. The van der Waals surface area contributed by atoms with Gasteiger partial charge in [-0.2, -0.15) is 17.8 Å². The molecule has 0 saturated carbocycles. The average Bonchev–Trinajstić information content (AvgIpc) is 3.20. The van der Waals surface area contributed by atoms with Gasteiger partial charge in [-0.05, 0) is 32.0 Å². The van der Waals surface area contributed by atoms with Crippen LogP contribution in [0.25, 0.3) is 22.6 Å². The van der Waals surface area contributed by atoms with Crippen molar-refractivity contribution in [2.24, 2.45) is 0 Å². The molecular weight excluding hydrogens is 497 g/mol.